The van der Waals surface area contributed by atoms with Gasteiger partial charge < -0.3 is 18.8 Å². The molecule has 8 nitrogen and oxygen atoms in total. The number of benzene rings is 1. The molecule has 2 heterocycles. The van der Waals surface area contributed by atoms with Gasteiger partial charge in [-0.1, -0.05) is 17.4 Å². The molecule has 11 heteroatoms. The summed E-state index contributed by atoms with van der Waals surface area (Å²) in [5.74, 6) is 0.474. The topological polar surface area (TPSA) is 96.2 Å². The molecule has 0 amide bonds. The van der Waals surface area contributed by atoms with Crippen LogP contribution in [0.3, 0.4) is 0 Å². The molecule has 0 aliphatic heterocycles. The van der Waals surface area contributed by atoms with Gasteiger partial charge in [0, 0.05) is 0 Å². The van der Waals surface area contributed by atoms with E-state index in [9.17, 15) is 13.2 Å². The second-order valence-corrected chi connectivity index (χ2v) is 9.18. The summed E-state index contributed by atoms with van der Waals surface area (Å²) in [4.78, 5) is 12.3. The molecule has 0 fully saturated rings. The van der Waals surface area contributed by atoms with Gasteiger partial charge in [0.25, 0.3) is 10.0 Å². The number of carbonyl (C=O) groups excluding carboxylic acids is 1. The van der Waals surface area contributed by atoms with Crippen LogP contribution in [0.25, 0.3) is 10.2 Å². The summed E-state index contributed by atoms with van der Waals surface area (Å²) in [7, 11) is -0.925. The molecule has 0 unspecified atom stereocenters. The molecule has 0 atom stereocenters. The van der Waals surface area contributed by atoms with E-state index >= 15 is 0 Å². The summed E-state index contributed by atoms with van der Waals surface area (Å²) in [5.41, 5.74) is 0.514. The van der Waals surface area contributed by atoms with E-state index in [0.29, 0.717) is 21.7 Å². The Kier molecular flexibility index (Phi) is 6.06. The maximum Gasteiger partial charge on any atom is 0.326 e. The predicted molar refractivity (Wildman–Crippen MR) is 107 cm³/mol. The minimum absolute atomic E-state index is 0.117. The third-order valence-corrected chi connectivity index (χ3v) is 7.58. The van der Waals surface area contributed by atoms with Gasteiger partial charge in [-0.25, -0.2) is 0 Å². The summed E-state index contributed by atoms with van der Waals surface area (Å²) < 4.78 is 47.4. The largest absolute Gasteiger partial charge is 0.495 e. The van der Waals surface area contributed by atoms with Gasteiger partial charge in [-0.05, 0) is 30.5 Å². The lowest BCUT2D eigenvalue weighted by molar-refractivity contribution is -0.143. The molecule has 1 aromatic carbocycles. The molecule has 0 saturated carbocycles. The number of hydrogen-bond donors (Lipinski definition) is 0. The maximum absolute atomic E-state index is 12.7. The van der Waals surface area contributed by atoms with E-state index in [0.717, 1.165) is 22.7 Å². The van der Waals surface area contributed by atoms with Gasteiger partial charge in [-0.15, -0.1) is 15.7 Å². The number of aromatic nitrogens is 1. The smallest absolute Gasteiger partial charge is 0.326 e. The monoisotopic (exact) mass is 442 g/mol. The normalized spacial score (nSPS) is 12.3. The Labute approximate surface area is 169 Å². The van der Waals surface area contributed by atoms with Crippen molar-refractivity contribution < 1.29 is 27.4 Å². The minimum Gasteiger partial charge on any atom is -0.495 e. The van der Waals surface area contributed by atoms with Crippen molar-refractivity contribution in [2.75, 3.05) is 20.8 Å². The number of thiophene rings is 1. The number of esters is 1. The average molecular weight is 443 g/mol. The molecule has 2 aromatic heterocycles. The SMILES string of the molecule is CCOC(=O)Cn1/c(=N/S(=O)(=O)c2cccs2)sc2c(OC)ccc(OC)c21. The van der Waals surface area contributed by atoms with Crippen molar-refractivity contribution >= 4 is 48.9 Å². The third kappa shape index (κ3) is 3.91. The van der Waals surface area contributed by atoms with Crippen molar-refractivity contribution in [1.29, 1.82) is 0 Å². The first-order valence-corrected chi connectivity index (χ1v) is 11.3. The highest BCUT2D eigenvalue weighted by Gasteiger charge is 2.21. The fourth-order valence-electron chi connectivity index (χ4n) is 2.56. The molecule has 28 heavy (non-hydrogen) atoms. The molecule has 150 valence electrons. The van der Waals surface area contributed by atoms with Crippen LogP contribution < -0.4 is 14.3 Å². The number of fused-ring (bicyclic) bond motifs is 1. The molecular formula is C17H18N2O6S3. The lowest BCUT2D eigenvalue weighted by Crippen LogP contribution is -2.23. The Hall–Kier alpha value is -2.37. The zero-order valence-corrected chi connectivity index (χ0v) is 17.8. The number of sulfonamides is 1. The van der Waals surface area contributed by atoms with Gasteiger partial charge in [-0.2, -0.15) is 8.42 Å². The van der Waals surface area contributed by atoms with Crippen LogP contribution in [0, 0.1) is 0 Å². The zero-order valence-electron chi connectivity index (χ0n) is 15.4. The summed E-state index contributed by atoms with van der Waals surface area (Å²) in [5, 5.41) is 1.66. The fourth-order valence-corrected chi connectivity index (χ4v) is 5.87. The minimum atomic E-state index is -3.93. The van der Waals surface area contributed by atoms with Crippen LogP contribution in [-0.4, -0.2) is 39.8 Å². The molecule has 0 spiro atoms. The molecule has 0 N–H and O–H groups in total. The number of nitrogens with zero attached hydrogens (tertiary/aromatic N) is 2. The number of methoxy groups -OCH3 is 2. The van der Waals surface area contributed by atoms with E-state index < -0.39 is 16.0 Å². The molecule has 0 bridgehead atoms. The van der Waals surface area contributed by atoms with Crippen LogP contribution in [0.15, 0.2) is 38.3 Å². The Balaban J connectivity index is 2.32. The van der Waals surface area contributed by atoms with Gasteiger partial charge >= 0.3 is 5.97 Å². The Morgan fingerprint density at radius 3 is 2.50 bits per heavy atom. The van der Waals surface area contributed by atoms with Crippen LogP contribution >= 0.6 is 22.7 Å². The first-order chi connectivity index (χ1) is 13.4. The molecule has 3 aromatic rings. The highest BCUT2D eigenvalue weighted by atomic mass is 32.2. The molecule has 0 aliphatic rings. The van der Waals surface area contributed by atoms with Crippen molar-refractivity contribution in [3.05, 3.63) is 34.4 Å². The summed E-state index contributed by atoms with van der Waals surface area (Å²) >= 11 is 2.17. The van der Waals surface area contributed by atoms with E-state index in [2.05, 4.69) is 4.40 Å². The highest BCUT2D eigenvalue weighted by Crippen LogP contribution is 2.35. The molecular weight excluding hydrogens is 424 g/mol. The fraction of sp³-hybridized carbons (Fsp3) is 0.294. The second kappa shape index (κ2) is 8.33. The van der Waals surface area contributed by atoms with Gasteiger partial charge in [0.2, 0.25) is 4.80 Å². The standard InChI is InChI=1S/C17H18N2O6S3/c1-4-25-13(20)10-19-15-11(23-2)7-8-12(24-3)16(15)27-17(19)18-28(21,22)14-6-5-9-26-14/h5-9H,4,10H2,1-3H3/b18-17-. The third-order valence-electron chi connectivity index (χ3n) is 3.73. The first kappa shape index (κ1) is 20.4. The van der Waals surface area contributed by atoms with E-state index in [1.807, 2.05) is 0 Å². The van der Waals surface area contributed by atoms with E-state index in [1.165, 1.54) is 24.9 Å². The van der Waals surface area contributed by atoms with Crippen molar-refractivity contribution in [3.8, 4) is 11.5 Å². The molecule has 0 aliphatic carbocycles. The van der Waals surface area contributed by atoms with Crippen LogP contribution in [0.4, 0.5) is 0 Å². The number of hydrogen-bond acceptors (Lipinski definition) is 8. The molecule has 3 rings (SSSR count). The van der Waals surface area contributed by atoms with Crippen molar-refractivity contribution in [2.24, 2.45) is 4.40 Å². The van der Waals surface area contributed by atoms with E-state index in [-0.39, 0.29) is 22.2 Å². The second-order valence-electron chi connectivity index (χ2n) is 5.42. The van der Waals surface area contributed by atoms with E-state index in [1.54, 1.807) is 30.5 Å². The van der Waals surface area contributed by atoms with Crippen molar-refractivity contribution in [3.63, 3.8) is 0 Å². The van der Waals surface area contributed by atoms with Crippen LogP contribution in [0.5, 0.6) is 11.5 Å². The Morgan fingerprint density at radius 2 is 1.89 bits per heavy atom. The van der Waals surface area contributed by atoms with Gasteiger partial charge in [0.15, 0.2) is 0 Å². The van der Waals surface area contributed by atoms with Gasteiger partial charge in [0.1, 0.15) is 32.5 Å². The quantitative estimate of drug-likeness (QED) is 0.522. The average Bonchev–Trinajstić information content (AvgIpc) is 3.31. The van der Waals surface area contributed by atoms with Crippen LogP contribution in [-0.2, 0) is 26.1 Å². The lowest BCUT2D eigenvalue weighted by Gasteiger charge is -2.09. The number of carbonyl (C=O) groups is 1. The van der Waals surface area contributed by atoms with Gasteiger partial charge in [-0.3, -0.25) is 4.79 Å². The molecule has 0 saturated heterocycles. The predicted octanol–water partition coefficient (Wildman–Crippen LogP) is 2.63. The maximum atomic E-state index is 12.7. The Morgan fingerprint density at radius 1 is 1.18 bits per heavy atom. The van der Waals surface area contributed by atoms with Crippen molar-refractivity contribution in [2.45, 2.75) is 17.7 Å². The number of ether oxygens (including phenoxy) is 3. The molecule has 0 radical (unpaired) electrons. The van der Waals surface area contributed by atoms with Gasteiger partial charge in [0.05, 0.1) is 20.8 Å². The van der Waals surface area contributed by atoms with Crippen LogP contribution in [0.1, 0.15) is 6.92 Å². The zero-order chi connectivity index (χ0) is 20.3. The summed E-state index contributed by atoms with van der Waals surface area (Å²) in [6, 6.07) is 6.52. The van der Waals surface area contributed by atoms with Crippen LogP contribution in [0.2, 0.25) is 0 Å². The highest BCUT2D eigenvalue weighted by molar-refractivity contribution is 7.92. The number of rotatable bonds is 7. The Bertz CT molecular complexity index is 1160. The summed E-state index contributed by atoms with van der Waals surface area (Å²) in [6.07, 6.45) is 0. The van der Waals surface area contributed by atoms with Crippen molar-refractivity contribution in [1.82, 2.24) is 4.57 Å². The number of thiazole rings is 1. The lowest BCUT2D eigenvalue weighted by atomic mass is 10.3. The van der Waals surface area contributed by atoms with E-state index in [4.69, 9.17) is 14.2 Å². The summed E-state index contributed by atoms with van der Waals surface area (Å²) in [6.45, 7) is 1.70. The first-order valence-electron chi connectivity index (χ1n) is 8.15.